The predicted octanol–water partition coefficient (Wildman–Crippen LogP) is 17.6. The standard InChI is InChI=1S/C84H64B2N4O2Si2/c1-93(2,3)57-47-75-81-76(48-57)90(83-59(53-26-10-7-11-27-53)35-24-36-60(83)54-28-12-8-13-29-54)74-52-79-68(51-67(74)85(81)66-45-44-56(46-73(66)87(75)55-30-14-9-15-31-55)88-69-39-20-16-32-61(69)62-33-17-21-40-70(62)88)86-65-38-19-22-41-71(65)89(77-49-58(94(4,5)6)50-80(91-79)82(77)86)72-42-25-37-64-63-34-18-23-43-78(63)92-84(64)72/h7-52H,1-6H3. The second kappa shape index (κ2) is 20.4. The van der Waals surface area contributed by atoms with E-state index in [0.29, 0.717) is 0 Å². The second-order valence-corrected chi connectivity index (χ2v) is 38.1. The van der Waals surface area contributed by atoms with Crippen LogP contribution in [0.5, 0.6) is 11.5 Å². The summed E-state index contributed by atoms with van der Waals surface area (Å²) in [5, 5.41) is 7.40. The van der Waals surface area contributed by atoms with Crippen LogP contribution in [0.15, 0.2) is 283 Å². The van der Waals surface area contributed by atoms with Crippen molar-refractivity contribution in [2.24, 2.45) is 0 Å². The van der Waals surface area contributed by atoms with Crippen LogP contribution in [0.3, 0.4) is 0 Å². The zero-order chi connectivity index (χ0) is 62.9. The smallest absolute Gasteiger partial charge is 0.256 e. The molecule has 19 rings (SSSR count). The van der Waals surface area contributed by atoms with Crippen LogP contribution < -0.4 is 62.6 Å². The summed E-state index contributed by atoms with van der Waals surface area (Å²) >= 11 is 0. The Hall–Kier alpha value is -10.8. The summed E-state index contributed by atoms with van der Waals surface area (Å²) in [6, 6.07) is 105. The minimum atomic E-state index is -2.13. The van der Waals surface area contributed by atoms with Gasteiger partial charge < -0.3 is 28.4 Å². The molecule has 15 aromatic rings. The molecule has 6 nitrogen and oxygen atoms in total. The van der Waals surface area contributed by atoms with Crippen LogP contribution in [-0.4, -0.2) is 34.1 Å². The molecule has 0 unspecified atom stereocenters. The van der Waals surface area contributed by atoms with E-state index >= 15 is 0 Å². The Labute approximate surface area is 550 Å². The first-order valence-corrected chi connectivity index (χ1v) is 40.0. The van der Waals surface area contributed by atoms with Crippen LogP contribution in [0, 0.1) is 0 Å². The molecule has 94 heavy (non-hydrogen) atoms. The molecule has 4 aliphatic rings. The SMILES string of the molecule is C[Si](C)(C)c1cc2c3c(c1)N(c1cccc4c1oc1ccccc14)c1ccccc1B3c1cc3c(cc1O2)N(c1c(-c2ccccc2)cccc1-c1ccccc1)c1cc([Si](C)(C)C)cc2c1B3c1ccc(-n3c4ccccc4c4ccccc43)cc1N2c1ccccc1. The molecule has 13 aromatic carbocycles. The van der Waals surface area contributed by atoms with Crippen LogP contribution in [0.2, 0.25) is 39.3 Å². The Bertz CT molecular complexity index is 5570. The number of rotatable bonds is 8. The van der Waals surface area contributed by atoms with Crippen molar-refractivity contribution in [2.75, 3.05) is 14.7 Å². The third kappa shape index (κ3) is 8.09. The average molecular weight is 1240 g/mol. The van der Waals surface area contributed by atoms with Crippen molar-refractivity contribution in [3.05, 3.63) is 279 Å². The van der Waals surface area contributed by atoms with Gasteiger partial charge in [0.05, 0.1) is 38.6 Å². The molecule has 6 heterocycles. The van der Waals surface area contributed by atoms with E-state index < -0.39 is 16.1 Å². The third-order valence-corrected chi connectivity index (χ3v) is 24.5. The van der Waals surface area contributed by atoms with Gasteiger partial charge in [0.25, 0.3) is 13.4 Å². The first-order chi connectivity index (χ1) is 45.9. The summed E-state index contributed by atoms with van der Waals surface area (Å²) in [7, 11) is -4.14. The lowest BCUT2D eigenvalue weighted by molar-refractivity contribution is 0.488. The molecule has 0 fully saturated rings. The Morgan fingerprint density at radius 1 is 0.319 bits per heavy atom. The summed E-state index contributed by atoms with van der Waals surface area (Å²) in [4.78, 5) is 7.76. The molecule has 0 amide bonds. The van der Waals surface area contributed by atoms with E-state index in [4.69, 9.17) is 9.15 Å². The summed E-state index contributed by atoms with van der Waals surface area (Å²) in [5.74, 6) is 1.78. The van der Waals surface area contributed by atoms with Crippen molar-refractivity contribution in [1.82, 2.24) is 4.57 Å². The Morgan fingerprint density at radius 3 is 1.52 bits per heavy atom. The second-order valence-electron chi connectivity index (χ2n) is 28.0. The number of furan rings is 1. The normalized spacial score (nSPS) is 13.6. The lowest BCUT2D eigenvalue weighted by Crippen LogP contribution is -2.65. The topological polar surface area (TPSA) is 37.0 Å². The monoisotopic (exact) mass is 1240 g/mol. The van der Waals surface area contributed by atoms with Crippen molar-refractivity contribution in [1.29, 1.82) is 0 Å². The zero-order valence-electron chi connectivity index (χ0n) is 53.3. The number of anilines is 9. The predicted molar refractivity (Wildman–Crippen MR) is 405 cm³/mol. The molecule has 0 saturated carbocycles. The fraction of sp³-hybridized carbons (Fsp3) is 0.0714. The van der Waals surface area contributed by atoms with Crippen molar-refractivity contribution in [2.45, 2.75) is 39.3 Å². The molecule has 0 aliphatic carbocycles. The van der Waals surface area contributed by atoms with Crippen LogP contribution in [0.4, 0.5) is 51.2 Å². The molecule has 0 bridgehead atoms. The first-order valence-electron chi connectivity index (χ1n) is 33.0. The van der Waals surface area contributed by atoms with E-state index in [1.807, 2.05) is 0 Å². The number of aromatic nitrogens is 1. The van der Waals surface area contributed by atoms with Gasteiger partial charge in [-0.25, -0.2) is 0 Å². The van der Waals surface area contributed by atoms with Gasteiger partial charge in [-0.15, -0.1) is 0 Å². The van der Waals surface area contributed by atoms with Crippen LogP contribution in [-0.2, 0) is 0 Å². The Balaban J connectivity index is 0.935. The molecular formula is C84H64B2N4O2Si2. The van der Waals surface area contributed by atoms with Gasteiger partial charge in [0.15, 0.2) is 5.58 Å². The largest absolute Gasteiger partial charge is 0.458 e. The average Bonchev–Trinajstić information content (AvgIpc) is 0.820. The minimum absolute atomic E-state index is 0.182. The lowest BCUT2D eigenvalue weighted by atomic mass is 9.30. The summed E-state index contributed by atoms with van der Waals surface area (Å²) < 4.78 is 17.3. The molecule has 446 valence electrons. The number of hydrogen-bond donors (Lipinski definition) is 0. The molecular weight excluding hydrogens is 1170 g/mol. The molecule has 0 saturated heterocycles. The maximum atomic E-state index is 7.86. The third-order valence-electron chi connectivity index (χ3n) is 20.5. The van der Waals surface area contributed by atoms with Gasteiger partial charge in [-0.2, -0.15) is 0 Å². The van der Waals surface area contributed by atoms with Gasteiger partial charge in [-0.3, -0.25) is 0 Å². The van der Waals surface area contributed by atoms with Gasteiger partial charge in [0, 0.05) is 84.2 Å². The number of ether oxygens (including phenoxy) is 1. The van der Waals surface area contributed by atoms with Crippen LogP contribution in [0.25, 0.3) is 71.7 Å². The molecule has 10 heteroatoms. The van der Waals surface area contributed by atoms with Gasteiger partial charge in [0.1, 0.15) is 17.1 Å². The maximum Gasteiger partial charge on any atom is 0.256 e. The van der Waals surface area contributed by atoms with Crippen LogP contribution in [0.1, 0.15) is 0 Å². The van der Waals surface area contributed by atoms with E-state index in [0.717, 1.165) is 107 Å². The number of hydrogen-bond acceptors (Lipinski definition) is 5. The quantitative estimate of drug-likeness (QED) is 0.142. The molecule has 2 aromatic heterocycles. The fourth-order valence-corrected chi connectivity index (χ4v) is 18.4. The number of benzene rings is 13. The molecule has 0 radical (unpaired) electrons. The summed E-state index contributed by atoms with van der Waals surface area (Å²) in [5.41, 5.74) is 27.3. The summed E-state index contributed by atoms with van der Waals surface area (Å²) in [6.45, 7) is 14.5. The minimum Gasteiger partial charge on any atom is -0.458 e. The highest BCUT2D eigenvalue weighted by Crippen LogP contribution is 2.52. The molecule has 0 N–H and O–H groups in total. The fourth-order valence-electron chi connectivity index (χ4n) is 16.1. The van der Waals surface area contributed by atoms with Gasteiger partial charge in [-0.1, -0.05) is 244 Å². The van der Waals surface area contributed by atoms with E-state index in [1.165, 1.54) is 70.9 Å². The van der Waals surface area contributed by atoms with Crippen molar-refractivity contribution in [3.8, 4) is 39.4 Å². The number of para-hydroxylation sites is 7. The number of fused-ring (bicyclic) bond motifs is 14. The van der Waals surface area contributed by atoms with Gasteiger partial charge in [0.2, 0.25) is 0 Å². The molecule has 0 atom stereocenters. The van der Waals surface area contributed by atoms with E-state index in [2.05, 4.69) is 338 Å². The first kappa shape index (κ1) is 54.9. The highest BCUT2D eigenvalue weighted by molar-refractivity contribution is 7.03. The maximum absolute atomic E-state index is 7.86. The zero-order valence-corrected chi connectivity index (χ0v) is 55.3. The molecule has 0 spiro atoms. The number of nitrogens with zero attached hydrogens (tertiary/aromatic N) is 4. The molecule has 4 aliphatic heterocycles. The van der Waals surface area contributed by atoms with E-state index in [-0.39, 0.29) is 13.4 Å². The van der Waals surface area contributed by atoms with Gasteiger partial charge >= 0.3 is 0 Å². The van der Waals surface area contributed by atoms with Crippen molar-refractivity contribution < 1.29 is 9.15 Å². The Morgan fingerprint density at radius 2 is 0.840 bits per heavy atom. The van der Waals surface area contributed by atoms with E-state index in [9.17, 15) is 0 Å². The lowest BCUT2D eigenvalue weighted by Gasteiger charge is -2.46. The summed E-state index contributed by atoms with van der Waals surface area (Å²) in [6.07, 6.45) is 0. The van der Waals surface area contributed by atoms with Gasteiger partial charge in [-0.05, 0) is 123 Å². The van der Waals surface area contributed by atoms with Crippen LogP contribution >= 0.6 is 0 Å². The van der Waals surface area contributed by atoms with Crippen molar-refractivity contribution in [3.63, 3.8) is 0 Å². The van der Waals surface area contributed by atoms with Crippen molar-refractivity contribution >= 4 is 168 Å². The highest BCUT2D eigenvalue weighted by atomic mass is 28.3. The highest BCUT2D eigenvalue weighted by Gasteiger charge is 2.49. The van der Waals surface area contributed by atoms with E-state index in [1.54, 1.807) is 0 Å². The Kier molecular flexibility index (Phi) is 11.9.